The first-order chi connectivity index (χ1) is 16.0. The first-order valence-corrected chi connectivity index (χ1v) is 11.2. The standard InChI is InChI=1S/C26H26FN5O/c1-16(25-14-28-17(2)18(3)31-25)19-4-7-23(27)22(12-19)26-21-6-5-20(13-24(21)29-15-30-26)32-8-10-33-11-9-32/h4-7,12-16H,8-11H2,1-3H3. The molecule has 33 heavy (non-hydrogen) atoms. The molecule has 0 saturated carbocycles. The molecule has 0 bridgehead atoms. The highest BCUT2D eigenvalue weighted by Gasteiger charge is 2.18. The molecule has 0 aliphatic carbocycles. The fourth-order valence-corrected chi connectivity index (χ4v) is 4.21. The number of hydrogen-bond donors (Lipinski definition) is 0. The van der Waals surface area contributed by atoms with E-state index in [2.05, 4.69) is 37.8 Å². The molecule has 7 heteroatoms. The van der Waals surface area contributed by atoms with E-state index in [9.17, 15) is 0 Å². The maximum Gasteiger partial charge on any atom is 0.132 e. The highest BCUT2D eigenvalue weighted by molar-refractivity contribution is 5.94. The van der Waals surface area contributed by atoms with Crippen LogP contribution in [0.4, 0.5) is 10.1 Å². The van der Waals surface area contributed by atoms with Gasteiger partial charge in [0.25, 0.3) is 0 Å². The lowest BCUT2D eigenvalue weighted by Gasteiger charge is -2.29. The van der Waals surface area contributed by atoms with Crippen LogP contribution in [0.15, 0.2) is 48.9 Å². The van der Waals surface area contributed by atoms with E-state index in [0.717, 1.165) is 52.3 Å². The summed E-state index contributed by atoms with van der Waals surface area (Å²) >= 11 is 0. The summed E-state index contributed by atoms with van der Waals surface area (Å²) in [7, 11) is 0. The monoisotopic (exact) mass is 443 g/mol. The number of anilines is 1. The molecule has 1 aliphatic heterocycles. The largest absolute Gasteiger partial charge is 0.378 e. The Morgan fingerprint density at radius 1 is 0.970 bits per heavy atom. The smallest absolute Gasteiger partial charge is 0.132 e. The molecule has 2 aromatic heterocycles. The minimum atomic E-state index is -0.311. The molecule has 1 aliphatic rings. The predicted molar refractivity (Wildman–Crippen MR) is 127 cm³/mol. The second kappa shape index (κ2) is 8.83. The zero-order valence-corrected chi connectivity index (χ0v) is 19.0. The average molecular weight is 444 g/mol. The lowest BCUT2D eigenvalue weighted by atomic mass is 9.94. The van der Waals surface area contributed by atoms with E-state index in [1.807, 2.05) is 32.0 Å². The molecule has 3 heterocycles. The Morgan fingerprint density at radius 2 is 1.79 bits per heavy atom. The van der Waals surface area contributed by atoms with E-state index in [4.69, 9.17) is 4.74 Å². The molecule has 5 rings (SSSR count). The number of aryl methyl sites for hydroxylation is 2. The van der Waals surface area contributed by atoms with Crippen LogP contribution in [-0.4, -0.2) is 46.2 Å². The number of halogens is 1. The molecule has 0 radical (unpaired) electrons. The highest BCUT2D eigenvalue weighted by atomic mass is 19.1. The number of fused-ring (bicyclic) bond motifs is 1. The van der Waals surface area contributed by atoms with Gasteiger partial charge in [-0.1, -0.05) is 13.0 Å². The zero-order chi connectivity index (χ0) is 22.9. The van der Waals surface area contributed by atoms with Crippen LogP contribution in [-0.2, 0) is 4.74 Å². The van der Waals surface area contributed by atoms with E-state index in [-0.39, 0.29) is 11.7 Å². The molecule has 0 amide bonds. The topological polar surface area (TPSA) is 64.0 Å². The third-order valence-electron chi connectivity index (χ3n) is 6.40. The van der Waals surface area contributed by atoms with Crippen molar-refractivity contribution in [2.24, 2.45) is 0 Å². The molecule has 168 valence electrons. The summed E-state index contributed by atoms with van der Waals surface area (Å²) in [6.07, 6.45) is 3.30. The Bertz CT molecular complexity index is 1320. The quantitative estimate of drug-likeness (QED) is 0.450. The normalized spacial score (nSPS) is 15.1. The number of benzene rings is 2. The van der Waals surface area contributed by atoms with Crippen LogP contribution < -0.4 is 4.90 Å². The molecule has 1 saturated heterocycles. The van der Waals surface area contributed by atoms with Crippen molar-refractivity contribution >= 4 is 16.6 Å². The Morgan fingerprint density at radius 3 is 2.58 bits per heavy atom. The van der Waals surface area contributed by atoms with E-state index >= 15 is 4.39 Å². The van der Waals surface area contributed by atoms with Crippen molar-refractivity contribution in [2.75, 3.05) is 31.2 Å². The van der Waals surface area contributed by atoms with Crippen LogP contribution in [0.2, 0.25) is 0 Å². The molecule has 1 fully saturated rings. The average Bonchev–Trinajstić information content (AvgIpc) is 2.85. The van der Waals surface area contributed by atoms with Crippen LogP contribution >= 0.6 is 0 Å². The lowest BCUT2D eigenvalue weighted by Crippen LogP contribution is -2.36. The van der Waals surface area contributed by atoms with Gasteiger partial charge in [-0.25, -0.2) is 14.4 Å². The number of aromatic nitrogens is 4. The van der Waals surface area contributed by atoms with E-state index in [1.54, 1.807) is 12.3 Å². The second-order valence-electron chi connectivity index (χ2n) is 8.45. The van der Waals surface area contributed by atoms with Gasteiger partial charge in [0, 0.05) is 41.8 Å². The van der Waals surface area contributed by atoms with Crippen molar-refractivity contribution < 1.29 is 9.13 Å². The molecule has 4 aromatic rings. The van der Waals surface area contributed by atoms with E-state index in [1.165, 1.54) is 12.4 Å². The molecular formula is C26H26FN5O. The number of nitrogens with zero attached hydrogens (tertiary/aromatic N) is 5. The first-order valence-electron chi connectivity index (χ1n) is 11.2. The van der Waals surface area contributed by atoms with Crippen LogP contribution in [0.1, 0.15) is 35.5 Å². The fourth-order valence-electron chi connectivity index (χ4n) is 4.21. The summed E-state index contributed by atoms with van der Waals surface area (Å²) in [6.45, 7) is 9.08. The van der Waals surface area contributed by atoms with Crippen LogP contribution in [0, 0.1) is 19.7 Å². The summed E-state index contributed by atoms with van der Waals surface area (Å²) in [5, 5.41) is 0.823. The van der Waals surface area contributed by atoms with E-state index in [0.29, 0.717) is 24.5 Å². The molecule has 1 atom stereocenters. The van der Waals surface area contributed by atoms with Crippen LogP contribution in [0.3, 0.4) is 0 Å². The SMILES string of the molecule is Cc1ncc(C(C)c2ccc(F)c(-c3ncnc4cc(N5CCOCC5)ccc34)c2)nc1C. The summed E-state index contributed by atoms with van der Waals surface area (Å²) in [4.78, 5) is 20.3. The first kappa shape index (κ1) is 21.4. The van der Waals surface area contributed by atoms with Crippen LogP contribution in [0.25, 0.3) is 22.2 Å². The number of ether oxygens (including phenoxy) is 1. The predicted octanol–water partition coefficient (Wildman–Crippen LogP) is 4.83. The Labute approximate surface area is 192 Å². The Kier molecular flexibility index (Phi) is 5.72. The Balaban J connectivity index is 1.54. The van der Waals surface area contributed by atoms with Crippen molar-refractivity contribution in [3.63, 3.8) is 0 Å². The summed E-state index contributed by atoms with van der Waals surface area (Å²) in [5.41, 5.74) is 6.57. The minimum absolute atomic E-state index is 0.0304. The van der Waals surface area contributed by atoms with Gasteiger partial charge in [-0.15, -0.1) is 0 Å². The summed E-state index contributed by atoms with van der Waals surface area (Å²) in [6, 6.07) is 11.3. The van der Waals surface area contributed by atoms with Gasteiger partial charge in [0.2, 0.25) is 0 Å². The molecule has 2 aromatic carbocycles. The second-order valence-corrected chi connectivity index (χ2v) is 8.45. The molecule has 6 nitrogen and oxygen atoms in total. The van der Waals surface area contributed by atoms with Crippen molar-refractivity contribution in [3.05, 3.63) is 77.4 Å². The van der Waals surface area contributed by atoms with Crippen LogP contribution in [0.5, 0.6) is 0 Å². The molecular weight excluding hydrogens is 417 g/mol. The van der Waals surface area contributed by atoms with Crippen molar-refractivity contribution in [1.29, 1.82) is 0 Å². The summed E-state index contributed by atoms with van der Waals surface area (Å²) in [5.74, 6) is -0.341. The van der Waals surface area contributed by atoms with E-state index < -0.39 is 0 Å². The van der Waals surface area contributed by atoms with Crippen molar-refractivity contribution in [2.45, 2.75) is 26.7 Å². The number of hydrogen-bond acceptors (Lipinski definition) is 6. The Hall–Kier alpha value is -3.45. The van der Waals surface area contributed by atoms with Gasteiger partial charge in [0.1, 0.15) is 12.1 Å². The highest BCUT2D eigenvalue weighted by Crippen LogP contribution is 2.33. The maximum absolute atomic E-state index is 15.0. The van der Waals surface area contributed by atoms with Gasteiger partial charge in [0.05, 0.1) is 41.5 Å². The van der Waals surface area contributed by atoms with Gasteiger partial charge in [-0.2, -0.15) is 0 Å². The summed E-state index contributed by atoms with van der Waals surface area (Å²) < 4.78 is 20.5. The number of morpholine rings is 1. The fraction of sp³-hybridized carbons (Fsp3) is 0.308. The minimum Gasteiger partial charge on any atom is -0.378 e. The molecule has 1 unspecified atom stereocenters. The van der Waals surface area contributed by atoms with Gasteiger partial charge < -0.3 is 9.64 Å². The molecule has 0 spiro atoms. The molecule has 0 N–H and O–H groups in total. The van der Waals surface area contributed by atoms with Gasteiger partial charge in [-0.3, -0.25) is 9.97 Å². The maximum atomic E-state index is 15.0. The lowest BCUT2D eigenvalue weighted by molar-refractivity contribution is 0.122. The third kappa shape index (κ3) is 4.16. The zero-order valence-electron chi connectivity index (χ0n) is 19.0. The van der Waals surface area contributed by atoms with Gasteiger partial charge in [0.15, 0.2) is 0 Å². The van der Waals surface area contributed by atoms with Crippen molar-refractivity contribution in [3.8, 4) is 11.3 Å². The van der Waals surface area contributed by atoms with Crippen molar-refractivity contribution in [1.82, 2.24) is 19.9 Å². The van der Waals surface area contributed by atoms with Gasteiger partial charge in [-0.05, 0) is 49.7 Å². The third-order valence-corrected chi connectivity index (χ3v) is 6.40. The number of rotatable bonds is 4. The van der Waals surface area contributed by atoms with Gasteiger partial charge >= 0.3 is 0 Å².